The van der Waals surface area contributed by atoms with Crippen molar-refractivity contribution in [1.82, 2.24) is 10.3 Å². The molecule has 4 N–H and O–H groups in total. The average molecular weight is 269 g/mol. The number of carboxylic acid groups (broad SMARTS) is 1. The maximum Gasteiger partial charge on any atom is 0.337 e. The molecule has 8 nitrogen and oxygen atoms in total. The van der Waals surface area contributed by atoms with E-state index < -0.39 is 24.1 Å². The molecule has 0 saturated carbocycles. The number of pyridine rings is 1. The van der Waals surface area contributed by atoms with Crippen molar-refractivity contribution in [2.45, 2.75) is 12.5 Å². The second-order valence-corrected chi connectivity index (χ2v) is 3.97. The molecule has 0 radical (unpaired) electrons. The van der Waals surface area contributed by atoms with Gasteiger partial charge >= 0.3 is 12.0 Å². The largest absolute Gasteiger partial charge is 0.481 e. The topological polar surface area (TPSA) is 121 Å². The first kappa shape index (κ1) is 14.7. The molecule has 0 fully saturated rings. The number of anilines is 1. The van der Waals surface area contributed by atoms with Crippen LogP contribution in [0.2, 0.25) is 0 Å². The molecule has 0 aliphatic carbocycles. The van der Waals surface area contributed by atoms with Crippen LogP contribution in [0.25, 0.3) is 0 Å². The minimum Gasteiger partial charge on any atom is -0.481 e. The van der Waals surface area contributed by atoms with Gasteiger partial charge in [-0.15, -0.1) is 0 Å². The van der Waals surface area contributed by atoms with E-state index in [0.29, 0.717) is 11.6 Å². The number of amides is 2. The van der Waals surface area contributed by atoms with Gasteiger partial charge in [0.1, 0.15) is 0 Å². The van der Waals surface area contributed by atoms with Crippen molar-refractivity contribution < 1.29 is 24.5 Å². The lowest BCUT2D eigenvalue weighted by Gasteiger charge is -2.18. The number of ether oxygens (including phenoxy) is 1. The van der Waals surface area contributed by atoms with Crippen LogP contribution in [0.1, 0.15) is 6.92 Å². The molecule has 104 valence electrons. The summed E-state index contributed by atoms with van der Waals surface area (Å²) in [5, 5.41) is 22.8. The third-order valence-corrected chi connectivity index (χ3v) is 2.26. The number of hydrogen-bond donors (Lipinski definition) is 4. The standard InChI is InChI=1S/C11H15N3O5/c1-11(18,9(15)16)6-13-10(17)14-7-3-4-12-8(5-7)19-2/h3-5,18H,6H2,1-2H3,(H,15,16)(H2,12,13,14,17). The fourth-order valence-corrected chi connectivity index (χ4v) is 1.10. The molecule has 1 atom stereocenters. The Morgan fingerprint density at radius 2 is 2.21 bits per heavy atom. The van der Waals surface area contributed by atoms with Gasteiger partial charge in [0.25, 0.3) is 0 Å². The summed E-state index contributed by atoms with van der Waals surface area (Å²) in [4.78, 5) is 26.0. The minimum absolute atomic E-state index is 0.329. The predicted octanol–water partition coefficient (Wildman–Crippen LogP) is 0.0473. The molecule has 2 amide bonds. The summed E-state index contributed by atoms with van der Waals surface area (Å²) in [6.07, 6.45) is 1.45. The van der Waals surface area contributed by atoms with E-state index >= 15 is 0 Å². The molecule has 0 bridgehead atoms. The predicted molar refractivity (Wildman–Crippen MR) is 66.1 cm³/mol. The van der Waals surface area contributed by atoms with Crippen LogP contribution in [0.3, 0.4) is 0 Å². The van der Waals surface area contributed by atoms with Gasteiger partial charge in [0, 0.05) is 18.0 Å². The summed E-state index contributed by atoms with van der Waals surface area (Å²) in [6.45, 7) is 0.668. The number of carbonyl (C=O) groups excluding carboxylic acids is 1. The maximum absolute atomic E-state index is 11.5. The molecule has 19 heavy (non-hydrogen) atoms. The number of urea groups is 1. The molecular weight excluding hydrogens is 254 g/mol. The number of aliphatic hydroxyl groups is 1. The van der Waals surface area contributed by atoms with Gasteiger partial charge in [-0.3, -0.25) is 0 Å². The molecular formula is C11H15N3O5. The van der Waals surface area contributed by atoms with Crippen molar-refractivity contribution in [3.63, 3.8) is 0 Å². The van der Waals surface area contributed by atoms with Gasteiger partial charge in [0.15, 0.2) is 5.60 Å². The van der Waals surface area contributed by atoms with Gasteiger partial charge in [-0.05, 0) is 13.0 Å². The Bertz CT molecular complexity index is 475. The normalized spacial score (nSPS) is 13.2. The summed E-state index contributed by atoms with van der Waals surface area (Å²) in [6, 6.07) is 2.39. The minimum atomic E-state index is -2.02. The summed E-state index contributed by atoms with van der Waals surface area (Å²) in [7, 11) is 1.44. The van der Waals surface area contributed by atoms with Crippen LogP contribution in [-0.4, -0.2) is 46.5 Å². The number of hydrogen-bond acceptors (Lipinski definition) is 5. The second-order valence-electron chi connectivity index (χ2n) is 3.97. The average Bonchev–Trinajstić information content (AvgIpc) is 2.36. The van der Waals surface area contributed by atoms with Crippen molar-refractivity contribution in [3.05, 3.63) is 18.3 Å². The zero-order chi connectivity index (χ0) is 14.5. The van der Waals surface area contributed by atoms with Crippen molar-refractivity contribution >= 4 is 17.7 Å². The molecule has 1 aromatic rings. The quantitative estimate of drug-likeness (QED) is 0.599. The monoisotopic (exact) mass is 269 g/mol. The fourth-order valence-electron chi connectivity index (χ4n) is 1.10. The number of carbonyl (C=O) groups is 2. The third-order valence-electron chi connectivity index (χ3n) is 2.26. The molecule has 0 saturated heterocycles. The van der Waals surface area contributed by atoms with E-state index in [0.717, 1.165) is 6.92 Å². The maximum atomic E-state index is 11.5. The van der Waals surface area contributed by atoms with Gasteiger partial charge in [0.05, 0.1) is 13.7 Å². The highest BCUT2D eigenvalue weighted by atomic mass is 16.5. The smallest absolute Gasteiger partial charge is 0.337 e. The van der Waals surface area contributed by atoms with Gasteiger partial charge in [0.2, 0.25) is 5.88 Å². The Balaban J connectivity index is 2.54. The molecule has 0 aliphatic rings. The van der Waals surface area contributed by atoms with Crippen LogP contribution in [0, 0.1) is 0 Å². The van der Waals surface area contributed by atoms with Crippen molar-refractivity contribution in [2.75, 3.05) is 19.0 Å². The molecule has 0 aliphatic heterocycles. The van der Waals surface area contributed by atoms with Gasteiger partial charge in [-0.2, -0.15) is 0 Å². The number of carboxylic acids is 1. The Hall–Kier alpha value is -2.35. The molecule has 1 unspecified atom stereocenters. The highest BCUT2D eigenvalue weighted by Gasteiger charge is 2.30. The lowest BCUT2D eigenvalue weighted by molar-refractivity contribution is -0.155. The van der Waals surface area contributed by atoms with Crippen LogP contribution in [0.15, 0.2) is 18.3 Å². The summed E-state index contributed by atoms with van der Waals surface area (Å²) in [5.41, 5.74) is -1.59. The Labute approximate surface area is 109 Å². The highest BCUT2D eigenvalue weighted by molar-refractivity contribution is 5.90. The SMILES string of the molecule is COc1cc(NC(=O)NCC(C)(O)C(=O)O)ccn1. The number of aliphatic carboxylic acids is 1. The van der Waals surface area contributed by atoms with Crippen molar-refractivity contribution in [1.29, 1.82) is 0 Å². The number of aromatic nitrogens is 1. The van der Waals surface area contributed by atoms with E-state index in [1.165, 1.54) is 25.4 Å². The van der Waals surface area contributed by atoms with Gasteiger partial charge in [-0.25, -0.2) is 14.6 Å². The first-order valence-corrected chi connectivity index (χ1v) is 5.36. The molecule has 0 aromatic carbocycles. The Kier molecular flexibility index (Phi) is 4.65. The van der Waals surface area contributed by atoms with Crippen molar-refractivity contribution in [2.24, 2.45) is 0 Å². The van der Waals surface area contributed by atoms with Crippen LogP contribution < -0.4 is 15.4 Å². The van der Waals surface area contributed by atoms with Gasteiger partial charge < -0.3 is 25.6 Å². The number of nitrogens with zero attached hydrogens (tertiary/aromatic N) is 1. The molecule has 1 heterocycles. The van der Waals surface area contributed by atoms with Crippen LogP contribution in [0.4, 0.5) is 10.5 Å². The van der Waals surface area contributed by atoms with Crippen LogP contribution in [0.5, 0.6) is 5.88 Å². The zero-order valence-corrected chi connectivity index (χ0v) is 10.5. The number of rotatable bonds is 5. The molecule has 1 aromatic heterocycles. The zero-order valence-electron chi connectivity index (χ0n) is 10.5. The number of methoxy groups -OCH3 is 1. The fraction of sp³-hybridized carbons (Fsp3) is 0.364. The molecule has 1 rings (SSSR count). The van der Waals surface area contributed by atoms with Gasteiger partial charge in [-0.1, -0.05) is 0 Å². The van der Waals surface area contributed by atoms with E-state index in [1.807, 2.05) is 0 Å². The van der Waals surface area contributed by atoms with Crippen LogP contribution >= 0.6 is 0 Å². The Morgan fingerprint density at radius 1 is 1.53 bits per heavy atom. The molecule has 8 heteroatoms. The molecule has 0 spiro atoms. The van der Waals surface area contributed by atoms with E-state index in [-0.39, 0.29) is 0 Å². The highest BCUT2D eigenvalue weighted by Crippen LogP contribution is 2.13. The van der Waals surface area contributed by atoms with E-state index in [2.05, 4.69) is 15.6 Å². The lowest BCUT2D eigenvalue weighted by atomic mass is 10.1. The first-order valence-electron chi connectivity index (χ1n) is 5.36. The van der Waals surface area contributed by atoms with E-state index in [9.17, 15) is 14.7 Å². The van der Waals surface area contributed by atoms with E-state index in [4.69, 9.17) is 9.84 Å². The van der Waals surface area contributed by atoms with Crippen molar-refractivity contribution in [3.8, 4) is 5.88 Å². The van der Waals surface area contributed by atoms with E-state index in [1.54, 1.807) is 0 Å². The Morgan fingerprint density at radius 3 is 2.79 bits per heavy atom. The summed E-state index contributed by atoms with van der Waals surface area (Å²) >= 11 is 0. The third kappa shape index (κ3) is 4.43. The van der Waals surface area contributed by atoms with Crippen LogP contribution in [-0.2, 0) is 4.79 Å². The lowest BCUT2D eigenvalue weighted by Crippen LogP contribution is -2.47. The first-order chi connectivity index (χ1) is 8.85. The summed E-state index contributed by atoms with van der Waals surface area (Å²) in [5.74, 6) is -1.09. The summed E-state index contributed by atoms with van der Waals surface area (Å²) < 4.78 is 4.88. The second kappa shape index (κ2) is 6.01. The number of nitrogens with one attached hydrogen (secondary N) is 2.